The number of hydrazone groups is 1. The van der Waals surface area contributed by atoms with Crippen molar-refractivity contribution in [3.63, 3.8) is 0 Å². The molecule has 0 saturated carbocycles. The fourth-order valence-electron chi connectivity index (χ4n) is 4.36. The number of nitrogens with one attached hydrogen (secondary N) is 1. The molecule has 0 bridgehead atoms. The minimum atomic E-state index is -0.977. The van der Waals surface area contributed by atoms with Gasteiger partial charge in [0.05, 0.1) is 17.5 Å². The van der Waals surface area contributed by atoms with E-state index in [1.165, 1.54) is 18.3 Å². The highest BCUT2D eigenvalue weighted by Crippen LogP contribution is 2.27. The summed E-state index contributed by atoms with van der Waals surface area (Å²) < 4.78 is 8.93. The van der Waals surface area contributed by atoms with Crippen molar-refractivity contribution in [2.45, 2.75) is 13.5 Å². The Labute approximate surface area is 245 Å². The lowest BCUT2D eigenvalue weighted by Crippen LogP contribution is -2.17. The normalized spacial score (nSPS) is 11.0. The Morgan fingerprint density at radius 1 is 0.902 bits per heavy atom. The van der Waals surface area contributed by atoms with Gasteiger partial charge in [-0.25, -0.2) is 10.2 Å². The van der Waals surface area contributed by atoms with Gasteiger partial charge in [0.25, 0.3) is 5.91 Å². The molecule has 2 N–H and O–H groups in total. The number of hydrogen-bond donors (Lipinski definition) is 2. The molecular formula is C33H26BrN3O4. The third-order valence-corrected chi connectivity index (χ3v) is 6.96. The molecule has 5 aromatic rings. The van der Waals surface area contributed by atoms with Gasteiger partial charge < -0.3 is 14.4 Å². The fraction of sp³-hybridized carbons (Fsp3) is 0.0606. The highest BCUT2D eigenvalue weighted by Gasteiger charge is 2.11. The highest BCUT2D eigenvalue weighted by molar-refractivity contribution is 9.10. The number of aryl methyl sites for hydroxylation is 1. The van der Waals surface area contributed by atoms with E-state index in [4.69, 9.17) is 9.84 Å². The molecule has 0 spiro atoms. The number of nitrogens with zero attached hydrogens (tertiary/aromatic N) is 2. The van der Waals surface area contributed by atoms with Gasteiger partial charge in [0.1, 0.15) is 12.4 Å². The Morgan fingerprint density at radius 2 is 1.61 bits per heavy atom. The van der Waals surface area contributed by atoms with E-state index in [2.05, 4.69) is 62.2 Å². The molecule has 4 aromatic carbocycles. The van der Waals surface area contributed by atoms with Gasteiger partial charge in [-0.2, -0.15) is 5.10 Å². The lowest BCUT2D eigenvalue weighted by atomic mass is 10.1. The maximum atomic E-state index is 12.8. The number of carboxylic acid groups (broad SMARTS) is 1. The minimum Gasteiger partial charge on any atom is -0.488 e. The monoisotopic (exact) mass is 607 g/mol. The van der Waals surface area contributed by atoms with Crippen LogP contribution in [0.15, 0.2) is 119 Å². The first kappa shape index (κ1) is 27.6. The maximum Gasteiger partial charge on any atom is 0.335 e. The van der Waals surface area contributed by atoms with E-state index in [-0.39, 0.29) is 18.1 Å². The number of carboxylic acids is 1. The summed E-state index contributed by atoms with van der Waals surface area (Å²) in [7, 11) is 0. The zero-order valence-electron chi connectivity index (χ0n) is 22.1. The molecule has 1 heterocycles. The van der Waals surface area contributed by atoms with Crippen LogP contribution >= 0.6 is 15.9 Å². The van der Waals surface area contributed by atoms with Crippen LogP contribution in [0.3, 0.4) is 0 Å². The SMILES string of the molecule is Cc1ccc(-c2ccccc2)n1-c1ccc(C(=O)N/N=C/c2cc(Br)ccc2OCc2ccc(C(=O)O)cc2)cc1. The van der Waals surface area contributed by atoms with Gasteiger partial charge in [-0.05, 0) is 84.8 Å². The van der Waals surface area contributed by atoms with Crippen LogP contribution in [0.4, 0.5) is 0 Å². The van der Waals surface area contributed by atoms with E-state index >= 15 is 0 Å². The van der Waals surface area contributed by atoms with Crippen molar-refractivity contribution in [1.29, 1.82) is 0 Å². The van der Waals surface area contributed by atoms with Crippen LogP contribution in [0.1, 0.15) is 37.5 Å². The molecule has 0 unspecified atom stereocenters. The van der Waals surface area contributed by atoms with Crippen molar-refractivity contribution in [1.82, 2.24) is 9.99 Å². The Balaban J connectivity index is 1.25. The summed E-state index contributed by atoms with van der Waals surface area (Å²) in [6, 6.07) is 33.7. The molecular weight excluding hydrogens is 582 g/mol. The van der Waals surface area contributed by atoms with Crippen molar-refractivity contribution in [3.8, 4) is 22.7 Å². The van der Waals surface area contributed by atoms with Crippen LogP contribution in [0.2, 0.25) is 0 Å². The molecule has 0 aliphatic carbocycles. The molecule has 1 amide bonds. The summed E-state index contributed by atoms with van der Waals surface area (Å²) in [6.07, 6.45) is 1.52. The number of aromatic carboxylic acids is 1. The molecule has 1 aromatic heterocycles. The predicted octanol–water partition coefficient (Wildman–Crippen LogP) is 7.26. The number of halogens is 1. The third-order valence-electron chi connectivity index (χ3n) is 6.47. The molecule has 0 atom stereocenters. The van der Waals surface area contributed by atoms with Crippen LogP contribution < -0.4 is 10.2 Å². The first-order valence-corrected chi connectivity index (χ1v) is 13.6. The Bertz CT molecular complexity index is 1710. The van der Waals surface area contributed by atoms with Gasteiger partial charge in [0.2, 0.25) is 0 Å². The second-order valence-electron chi connectivity index (χ2n) is 9.28. The number of aromatic nitrogens is 1. The Hall–Kier alpha value is -4.95. The van der Waals surface area contributed by atoms with E-state index in [0.29, 0.717) is 16.9 Å². The average molecular weight is 608 g/mol. The first-order valence-electron chi connectivity index (χ1n) is 12.8. The average Bonchev–Trinajstić information content (AvgIpc) is 3.38. The van der Waals surface area contributed by atoms with Crippen molar-refractivity contribution >= 4 is 34.0 Å². The molecule has 0 radical (unpaired) electrons. The smallest absolute Gasteiger partial charge is 0.335 e. The van der Waals surface area contributed by atoms with Crippen molar-refractivity contribution in [2.75, 3.05) is 0 Å². The number of benzene rings is 4. The van der Waals surface area contributed by atoms with Crippen molar-refractivity contribution in [2.24, 2.45) is 5.10 Å². The van der Waals surface area contributed by atoms with Crippen LogP contribution in [0.25, 0.3) is 16.9 Å². The molecule has 204 valence electrons. The quantitative estimate of drug-likeness (QED) is 0.136. The summed E-state index contributed by atoms with van der Waals surface area (Å²) >= 11 is 3.46. The summed E-state index contributed by atoms with van der Waals surface area (Å²) in [4.78, 5) is 23.9. The largest absolute Gasteiger partial charge is 0.488 e. The zero-order chi connectivity index (χ0) is 28.8. The summed E-state index contributed by atoms with van der Waals surface area (Å²) in [5, 5.41) is 13.2. The second-order valence-corrected chi connectivity index (χ2v) is 10.2. The van der Waals surface area contributed by atoms with E-state index in [1.54, 1.807) is 30.3 Å². The molecule has 8 heteroatoms. The lowest BCUT2D eigenvalue weighted by Gasteiger charge is -2.13. The number of amides is 1. The first-order chi connectivity index (χ1) is 19.9. The lowest BCUT2D eigenvalue weighted by molar-refractivity contribution is 0.0696. The van der Waals surface area contributed by atoms with Crippen LogP contribution in [0.5, 0.6) is 5.75 Å². The van der Waals surface area contributed by atoms with Crippen molar-refractivity contribution < 1.29 is 19.4 Å². The van der Waals surface area contributed by atoms with Gasteiger partial charge in [-0.3, -0.25) is 4.79 Å². The molecule has 0 saturated heterocycles. The third kappa shape index (κ3) is 6.62. The number of rotatable bonds is 9. The van der Waals surface area contributed by atoms with E-state index < -0.39 is 5.97 Å². The zero-order valence-corrected chi connectivity index (χ0v) is 23.7. The van der Waals surface area contributed by atoms with E-state index in [1.807, 2.05) is 42.5 Å². The summed E-state index contributed by atoms with van der Waals surface area (Å²) in [5.41, 5.74) is 9.01. The van der Waals surface area contributed by atoms with E-state index in [0.717, 1.165) is 32.7 Å². The standard InChI is InChI=1S/C33H26BrN3O4/c1-22-7-17-30(24-5-3-2-4-6-24)37(22)29-15-12-25(13-16-29)32(38)36-35-20-27-19-28(34)14-18-31(27)41-21-23-8-10-26(11-9-23)33(39)40/h2-20H,21H2,1H3,(H,36,38)(H,39,40)/b35-20+. The number of ether oxygens (including phenoxy) is 1. The van der Waals surface area contributed by atoms with Gasteiger partial charge in [-0.15, -0.1) is 0 Å². The maximum absolute atomic E-state index is 12.8. The topological polar surface area (TPSA) is 92.9 Å². The van der Waals surface area contributed by atoms with Crippen LogP contribution in [-0.4, -0.2) is 27.8 Å². The van der Waals surface area contributed by atoms with Crippen LogP contribution in [0, 0.1) is 6.92 Å². The Morgan fingerprint density at radius 3 is 2.32 bits per heavy atom. The van der Waals surface area contributed by atoms with Crippen molar-refractivity contribution in [3.05, 3.63) is 142 Å². The van der Waals surface area contributed by atoms with Gasteiger partial charge in [-0.1, -0.05) is 58.4 Å². The second kappa shape index (κ2) is 12.5. The molecule has 0 aliphatic rings. The predicted molar refractivity (Wildman–Crippen MR) is 163 cm³/mol. The minimum absolute atomic E-state index is 0.215. The van der Waals surface area contributed by atoms with E-state index in [9.17, 15) is 9.59 Å². The van der Waals surface area contributed by atoms with Gasteiger partial charge in [0, 0.05) is 27.0 Å². The molecule has 0 aliphatic heterocycles. The molecule has 0 fully saturated rings. The number of carbonyl (C=O) groups is 2. The Kier molecular flexibility index (Phi) is 8.41. The summed E-state index contributed by atoms with van der Waals surface area (Å²) in [5.74, 6) is -0.750. The highest BCUT2D eigenvalue weighted by atomic mass is 79.9. The number of hydrogen-bond acceptors (Lipinski definition) is 4. The molecule has 7 nitrogen and oxygen atoms in total. The van der Waals surface area contributed by atoms with Gasteiger partial charge in [0.15, 0.2) is 0 Å². The van der Waals surface area contributed by atoms with Crippen LogP contribution in [-0.2, 0) is 6.61 Å². The molecule has 5 rings (SSSR count). The fourth-order valence-corrected chi connectivity index (χ4v) is 4.74. The van der Waals surface area contributed by atoms with Gasteiger partial charge >= 0.3 is 5.97 Å². The number of carbonyl (C=O) groups excluding carboxylic acids is 1. The summed E-state index contributed by atoms with van der Waals surface area (Å²) in [6.45, 7) is 2.30. The molecule has 41 heavy (non-hydrogen) atoms.